The van der Waals surface area contributed by atoms with Gasteiger partial charge in [-0.15, -0.1) is 5.10 Å². The Kier molecular flexibility index (Phi) is 4.81. The van der Waals surface area contributed by atoms with Crippen LogP contribution in [0.4, 0.5) is 14.5 Å². The summed E-state index contributed by atoms with van der Waals surface area (Å²) in [6.45, 7) is -0.933. The molecule has 0 spiro atoms. The van der Waals surface area contributed by atoms with E-state index < -0.39 is 12.5 Å². The third kappa shape index (κ3) is 4.23. The number of aromatic amines is 1. The first-order chi connectivity index (χ1) is 10.1. The normalized spacial score (nSPS) is 10.7. The monoisotopic (exact) mass is 296 g/mol. The van der Waals surface area contributed by atoms with Gasteiger partial charge in [-0.3, -0.25) is 9.89 Å². The minimum Gasteiger partial charge on any atom is -0.435 e. The van der Waals surface area contributed by atoms with Crippen molar-refractivity contribution in [3.63, 3.8) is 0 Å². The molecule has 2 aromatic rings. The Bertz CT molecular complexity index is 616. The van der Waals surface area contributed by atoms with Crippen molar-refractivity contribution >= 4 is 11.6 Å². The standard InChI is InChI=1S/C13H14F2N4O2/c1-2-4-10-17-11(19-18-10)12(20)16-8-5-3-6-9(7-8)21-13(14)15/h3,5-7,13H,2,4H2,1H3,(H,16,20)(H,17,18,19). The lowest BCUT2D eigenvalue weighted by atomic mass is 10.3. The van der Waals surface area contributed by atoms with E-state index in [9.17, 15) is 13.6 Å². The maximum absolute atomic E-state index is 12.1. The summed E-state index contributed by atoms with van der Waals surface area (Å²) in [4.78, 5) is 16.0. The third-order valence-electron chi connectivity index (χ3n) is 2.54. The van der Waals surface area contributed by atoms with E-state index in [1.807, 2.05) is 6.92 Å². The Balaban J connectivity index is 2.04. The largest absolute Gasteiger partial charge is 0.435 e. The van der Waals surface area contributed by atoms with Crippen molar-refractivity contribution in [2.24, 2.45) is 0 Å². The maximum atomic E-state index is 12.1. The van der Waals surface area contributed by atoms with Crippen LogP contribution in [0, 0.1) is 0 Å². The zero-order valence-electron chi connectivity index (χ0n) is 11.3. The van der Waals surface area contributed by atoms with Gasteiger partial charge < -0.3 is 10.1 Å². The van der Waals surface area contributed by atoms with Gasteiger partial charge in [-0.25, -0.2) is 4.98 Å². The number of aryl methyl sites for hydroxylation is 1. The van der Waals surface area contributed by atoms with Gasteiger partial charge in [0, 0.05) is 18.2 Å². The fourth-order valence-electron chi connectivity index (χ4n) is 1.68. The van der Waals surface area contributed by atoms with E-state index in [1.54, 1.807) is 6.07 Å². The molecule has 6 nitrogen and oxygen atoms in total. The number of halogens is 2. The second-order valence-electron chi connectivity index (χ2n) is 4.22. The fraction of sp³-hybridized carbons (Fsp3) is 0.308. The number of anilines is 1. The van der Waals surface area contributed by atoms with Crippen molar-refractivity contribution in [2.75, 3.05) is 5.32 Å². The summed E-state index contributed by atoms with van der Waals surface area (Å²) in [5.41, 5.74) is 0.319. The molecule has 0 bridgehead atoms. The van der Waals surface area contributed by atoms with Gasteiger partial charge in [0.1, 0.15) is 11.6 Å². The fourth-order valence-corrected chi connectivity index (χ4v) is 1.68. The smallest absolute Gasteiger partial charge is 0.387 e. The molecule has 0 aliphatic carbocycles. The quantitative estimate of drug-likeness (QED) is 0.858. The molecule has 2 rings (SSSR count). The number of alkyl halides is 2. The second kappa shape index (κ2) is 6.78. The van der Waals surface area contributed by atoms with E-state index >= 15 is 0 Å². The predicted octanol–water partition coefficient (Wildman–Crippen LogP) is 2.61. The minimum atomic E-state index is -2.92. The first kappa shape index (κ1) is 14.9. The number of ether oxygens (including phenoxy) is 1. The highest BCUT2D eigenvalue weighted by molar-refractivity contribution is 6.01. The molecule has 0 radical (unpaired) electrons. The minimum absolute atomic E-state index is 0.00127. The molecule has 0 unspecified atom stereocenters. The lowest BCUT2D eigenvalue weighted by Crippen LogP contribution is -2.14. The van der Waals surface area contributed by atoms with Gasteiger partial charge in [0.25, 0.3) is 5.91 Å². The lowest BCUT2D eigenvalue weighted by Gasteiger charge is -2.07. The number of carbonyl (C=O) groups excluding carboxylic acids is 1. The highest BCUT2D eigenvalue weighted by Crippen LogP contribution is 2.19. The number of carbonyl (C=O) groups is 1. The van der Waals surface area contributed by atoms with Crippen LogP contribution in [0.1, 0.15) is 29.8 Å². The first-order valence-electron chi connectivity index (χ1n) is 6.36. The van der Waals surface area contributed by atoms with Gasteiger partial charge >= 0.3 is 6.61 Å². The number of amides is 1. The van der Waals surface area contributed by atoms with Crippen molar-refractivity contribution in [2.45, 2.75) is 26.4 Å². The van der Waals surface area contributed by atoms with Crippen LogP contribution in [-0.4, -0.2) is 27.7 Å². The molecule has 112 valence electrons. The Hall–Kier alpha value is -2.51. The summed E-state index contributed by atoms with van der Waals surface area (Å²) < 4.78 is 28.5. The van der Waals surface area contributed by atoms with Crippen LogP contribution in [0.2, 0.25) is 0 Å². The first-order valence-corrected chi connectivity index (χ1v) is 6.36. The average molecular weight is 296 g/mol. The Morgan fingerprint density at radius 3 is 3.00 bits per heavy atom. The lowest BCUT2D eigenvalue weighted by molar-refractivity contribution is -0.0497. The van der Waals surface area contributed by atoms with Gasteiger partial charge in [0.15, 0.2) is 0 Å². The predicted molar refractivity (Wildman–Crippen MR) is 71.4 cm³/mol. The highest BCUT2D eigenvalue weighted by atomic mass is 19.3. The number of H-pyrrole nitrogens is 1. The summed E-state index contributed by atoms with van der Waals surface area (Å²) >= 11 is 0. The summed E-state index contributed by atoms with van der Waals surface area (Å²) in [5.74, 6) is 0.0586. The van der Waals surface area contributed by atoms with Crippen molar-refractivity contribution < 1.29 is 18.3 Å². The van der Waals surface area contributed by atoms with Crippen molar-refractivity contribution in [3.8, 4) is 5.75 Å². The summed E-state index contributed by atoms with van der Waals surface area (Å²) in [6.07, 6.45) is 1.57. The van der Waals surface area contributed by atoms with E-state index in [2.05, 4.69) is 25.2 Å². The Morgan fingerprint density at radius 1 is 1.48 bits per heavy atom. The van der Waals surface area contributed by atoms with Crippen molar-refractivity contribution in [1.29, 1.82) is 0 Å². The molecule has 1 heterocycles. The second-order valence-corrected chi connectivity index (χ2v) is 4.22. The van der Waals surface area contributed by atoms with Crippen molar-refractivity contribution in [3.05, 3.63) is 35.9 Å². The van der Waals surface area contributed by atoms with Gasteiger partial charge in [-0.1, -0.05) is 13.0 Å². The Labute approximate surface area is 119 Å². The number of rotatable bonds is 6. The molecule has 0 saturated carbocycles. The molecule has 0 aliphatic heterocycles. The summed E-state index contributed by atoms with van der Waals surface area (Å²) in [6, 6.07) is 5.71. The zero-order valence-corrected chi connectivity index (χ0v) is 11.3. The number of nitrogens with one attached hydrogen (secondary N) is 2. The van der Waals surface area contributed by atoms with Crippen LogP contribution >= 0.6 is 0 Å². The Morgan fingerprint density at radius 2 is 2.29 bits per heavy atom. The number of aromatic nitrogens is 3. The third-order valence-corrected chi connectivity index (χ3v) is 2.54. The van der Waals surface area contributed by atoms with Crippen LogP contribution in [-0.2, 0) is 6.42 Å². The molecule has 1 amide bonds. The van der Waals surface area contributed by atoms with E-state index in [1.165, 1.54) is 18.2 Å². The van der Waals surface area contributed by atoms with Crippen LogP contribution in [0.3, 0.4) is 0 Å². The topological polar surface area (TPSA) is 79.9 Å². The molecular weight excluding hydrogens is 282 g/mol. The molecule has 0 fully saturated rings. The van der Waals surface area contributed by atoms with Gasteiger partial charge in [-0.05, 0) is 18.6 Å². The van der Waals surface area contributed by atoms with Gasteiger partial charge in [0.05, 0.1) is 0 Å². The van der Waals surface area contributed by atoms with E-state index in [-0.39, 0.29) is 11.6 Å². The van der Waals surface area contributed by atoms with Crippen LogP contribution in [0.25, 0.3) is 0 Å². The molecule has 1 aromatic carbocycles. The van der Waals surface area contributed by atoms with E-state index in [0.29, 0.717) is 17.9 Å². The molecule has 0 aliphatic rings. The number of hydrogen-bond donors (Lipinski definition) is 2. The number of hydrogen-bond acceptors (Lipinski definition) is 4. The molecule has 0 atom stereocenters. The van der Waals surface area contributed by atoms with Crippen LogP contribution in [0.5, 0.6) is 5.75 Å². The highest BCUT2D eigenvalue weighted by Gasteiger charge is 2.13. The van der Waals surface area contributed by atoms with E-state index in [0.717, 1.165) is 6.42 Å². The molecule has 21 heavy (non-hydrogen) atoms. The zero-order chi connectivity index (χ0) is 15.2. The van der Waals surface area contributed by atoms with Gasteiger partial charge in [0.2, 0.25) is 5.82 Å². The molecule has 8 heteroatoms. The van der Waals surface area contributed by atoms with Gasteiger partial charge in [-0.2, -0.15) is 8.78 Å². The molecule has 1 aromatic heterocycles. The van der Waals surface area contributed by atoms with Crippen LogP contribution < -0.4 is 10.1 Å². The maximum Gasteiger partial charge on any atom is 0.387 e. The SMILES string of the molecule is CCCc1nc(C(=O)Nc2cccc(OC(F)F)c2)n[nH]1. The summed E-state index contributed by atoms with van der Waals surface area (Å²) in [5, 5.41) is 8.99. The molecule has 0 saturated heterocycles. The molecular formula is C13H14F2N4O2. The average Bonchev–Trinajstić information content (AvgIpc) is 2.87. The molecule has 2 N–H and O–H groups in total. The van der Waals surface area contributed by atoms with Crippen LogP contribution in [0.15, 0.2) is 24.3 Å². The van der Waals surface area contributed by atoms with Crippen molar-refractivity contribution in [1.82, 2.24) is 15.2 Å². The summed E-state index contributed by atoms with van der Waals surface area (Å²) in [7, 11) is 0. The van der Waals surface area contributed by atoms with E-state index in [4.69, 9.17) is 0 Å². The number of benzene rings is 1. The number of nitrogens with zero attached hydrogens (tertiary/aromatic N) is 2.